The molecule has 0 aliphatic heterocycles. The lowest BCUT2D eigenvalue weighted by Gasteiger charge is -2.39. The minimum atomic E-state index is -0.412. The number of hydrogen-bond donors (Lipinski definition) is 2. The molecule has 0 bridgehead atoms. The molecule has 0 unspecified atom stereocenters. The van der Waals surface area contributed by atoms with Gasteiger partial charge in [-0.25, -0.2) is 0 Å². The fraction of sp³-hybridized carbons (Fsp3) is 0.500. The molecule has 3 nitrogen and oxygen atoms in total. The highest BCUT2D eigenvalue weighted by molar-refractivity contribution is 6.32. The zero-order chi connectivity index (χ0) is 11.9. The van der Waals surface area contributed by atoms with Crippen molar-refractivity contribution in [3.63, 3.8) is 0 Å². The summed E-state index contributed by atoms with van der Waals surface area (Å²) < 4.78 is 5.14. The van der Waals surface area contributed by atoms with Crippen molar-refractivity contribution >= 4 is 11.6 Å². The number of benzene rings is 1. The Bertz CT molecular complexity index is 428. The average molecular weight is 242 g/mol. The molecule has 2 rings (SSSR count). The Hall–Kier alpha value is -0.930. The van der Waals surface area contributed by atoms with Gasteiger partial charge in [0.2, 0.25) is 0 Å². The van der Waals surface area contributed by atoms with Crippen LogP contribution in [-0.4, -0.2) is 12.2 Å². The van der Waals surface area contributed by atoms with Crippen LogP contribution in [0.25, 0.3) is 0 Å². The summed E-state index contributed by atoms with van der Waals surface area (Å²) in [5.41, 5.74) is 7.18. The third-order valence-corrected chi connectivity index (χ3v) is 3.71. The topological polar surface area (TPSA) is 55.5 Å². The average Bonchev–Trinajstić information content (AvgIpc) is 2.21. The highest BCUT2D eigenvalue weighted by Crippen LogP contribution is 2.47. The molecule has 0 radical (unpaired) electrons. The van der Waals surface area contributed by atoms with Gasteiger partial charge in [0.15, 0.2) is 0 Å². The molecule has 0 spiro atoms. The Morgan fingerprint density at radius 1 is 1.50 bits per heavy atom. The number of phenolic OH excluding ortho intramolecular Hbond substituents is 1. The number of aromatic hydroxyl groups is 1. The van der Waals surface area contributed by atoms with Crippen LogP contribution >= 0.6 is 11.6 Å². The second-order valence-electron chi connectivity index (χ2n) is 4.42. The van der Waals surface area contributed by atoms with Crippen molar-refractivity contribution in [1.29, 1.82) is 0 Å². The number of ether oxygens (including phenoxy) is 1. The molecule has 16 heavy (non-hydrogen) atoms. The summed E-state index contributed by atoms with van der Waals surface area (Å²) in [5.74, 6) is 0.731. The van der Waals surface area contributed by atoms with E-state index in [1.807, 2.05) is 0 Å². The molecule has 0 aromatic heterocycles. The van der Waals surface area contributed by atoms with E-state index in [-0.39, 0.29) is 5.75 Å². The minimum absolute atomic E-state index is 0.212. The summed E-state index contributed by atoms with van der Waals surface area (Å²) in [6.45, 7) is 1.78. The van der Waals surface area contributed by atoms with Crippen LogP contribution in [0.3, 0.4) is 0 Å². The monoisotopic (exact) mass is 241 g/mol. The largest absolute Gasteiger partial charge is 0.507 e. The maximum atomic E-state index is 10.1. The third kappa shape index (κ3) is 1.55. The number of methoxy groups -OCH3 is 1. The summed E-state index contributed by atoms with van der Waals surface area (Å²) in [4.78, 5) is 0. The quantitative estimate of drug-likeness (QED) is 0.837. The van der Waals surface area contributed by atoms with E-state index in [4.69, 9.17) is 22.1 Å². The van der Waals surface area contributed by atoms with Crippen LogP contribution < -0.4 is 10.5 Å². The molecule has 0 amide bonds. The lowest BCUT2D eigenvalue weighted by Crippen LogP contribution is -2.43. The van der Waals surface area contributed by atoms with Crippen LogP contribution in [0.15, 0.2) is 6.07 Å². The predicted octanol–water partition coefficient (Wildman–Crippen LogP) is 2.70. The highest BCUT2D eigenvalue weighted by atomic mass is 35.5. The summed E-state index contributed by atoms with van der Waals surface area (Å²) in [5, 5.41) is 10.6. The normalized spacial score (nSPS) is 18.0. The molecule has 1 saturated carbocycles. The van der Waals surface area contributed by atoms with Gasteiger partial charge >= 0.3 is 0 Å². The van der Waals surface area contributed by atoms with Crippen molar-refractivity contribution in [1.82, 2.24) is 0 Å². The smallest absolute Gasteiger partial charge is 0.144 e. The van der Waals surface area contributed by atoms with E-state index in [0.29, 0.717) is 16.3 Å². The number of hydrogen-bond acceptors (Lipinski definition) is 3. The number of phenols is 1. The Morgan fingerprint density at radius 3 is 2.56 bits per heavy atom. The van der Waals surface area contributed by atoms with Gasteiger partial charge in [0.25, 0.3) is 0 Å². The van der Waals surface area contributed by atoms with Gasteiger partial charge in [0.1, 0.15) is 11.5 Å². The maximum absolute atomic E-state index is 10.1. The third-order valence-electron chi connectivity index (χ3n) is 3.43. The Labute approximate surface area is 100 Å². The van der Waals surface area contributed by atoms with E-state index in [1.54, 1.807) is 13.0 Å². The van der Waals surface area contributed by atoms with Gasteiger partial charge in [-0.15, -0.1) is 0 Å². The summed E-state index contributed by atoms with van der Waals surface area (Å²) in [7, 11) is 1.54. The Morgan fingerprint density at radius 2 is 2.12 bits per heavy atom. The summed E-state index contributed by atoms with van der Waals surface area (Å²) >= 11 is 6.10. The minimum Gasteiger partial charge on any atom is -0.507 e. The predicted molar refractivity (Wildman–Crippen MR) is 64.1 cm³/mol. The molecule has 3 N–H and O–H groups in total. The zero-order valence-corrected chi connectivity index (χ0v) is 10.3. The van der Waals surface area contributed by atoms with E-state index in [0.717, 1.165) is 24.8 Å². The first-order valence-electron chi connectivity index (χ1n) is 5.35. The Kier molecular flexibility index (Phi) is 2.76. The van der Waals surface area contributed by atoms with Crippen LogP contribution in [0.5, 0.6) is 11.5 Å². The summed E-state index contributed by atoms with van der Waals surface area (Å²) in [6, 6.07) is 1.72. The molecular weight excluding hydrogens is 226 g/mol. The lowest BCUT2D eigenvalue weighted by molar-refractivity contribution is 0.244. The molecule has 1 aliphatic carbocycles. The van der Waals surface area contributed by atoms with Gasteiger partial charge in [-0.3, -0.25) is 0 Å². The van der Waals surface area contributed by atoms with E-state index < -0.39 is 5.54 Å². The van der Waals surface area contributed by atoms with Gasteiger partial charge in [0.05, 0.1) is 12.1 Å². The van der Waals surface area contributed by atoms with E-state index in [1.165, 1.54) is 7.11 Å². The maximum Gasteiger partial charge on any atom is 0.144 e. The second-order valence-corrected chi connectivity index (χ2v) is 4.83. The van der Waals surface area contributed by atoms with Crippen LogP contribution in [0.2, 0.25) is 5.02 Å². The molecule has 0 atom stereocenters. The first-order chi connectivity index (χ1) is 7.49. The molecular formula is C12H16ClNO2. The van der Waals surface area contributed by atoms with Crippen molar-refractivity contribution < 1.29 is 9.84 Å². The molecule has 1 fully saturated rings. The first kappa shape index (κ1) is 11.6. The van der Waals surface area contributed by atoms with Crippen molar-refractivity contribution in [2.75, 3.05) is 7.11 Å². The van der Waals surface area contributed by atoms with Crippen LogP contribution in [0.4, 0.5) is 0 Å². The van der Waals surface area contributed by atoms with Gasteiger partial charge in [-0.1, -0.05) is 11.6 Å². The standard InChI is InChI=1S/C12H16ClNO2/c1-7-10(15)8(12(14)4-3-5-12)6-9(13)11(7)16-2/h6,15H,3-5,14H2,1-2H3. The van der Waals surface area contributed by atoms with Gasteiger partial charge in [-0.05, 0) is 32.3 Å². The molecule has 88 valence electrons. The van der Waals surface area contributed by atoms with Crippen LogP contribution in [0, 0.1) is 6.92 Å². The van der Waals surface area contributed by atoms with Crippen molar-refractivity contribution in [3.05, 3.63) is 22.2 Å². The molecule has 1 aromatic carbocycles. The summed E-state index contributed by atoms with van der Waals surface area (Å²) in [6.07, 6.45) is 2.88. The molecule has 0 heterocycles. The van der Waals surface area contributed by atoms with Gasteiger partial charge in [-0.2, -0.15) is 0 Å². The van der Waals surface area contributed by atoms with Crippen molar-refractivity contribution in [3.8, 4) is 11.5 Å². The number of rotatable bonds is 2. The zero-order valence-electron chi connectivity index (χ0n) is 9.51. The molecule has 0 saturated heterocycles. The number of nitrogens with two attached hydrogens (primary N) is 1. The van der Waals surface area contributed by atoms with Gasteiger partial charge < -0.3 is 15.6 Å². The Balaban J connectivity index is 2.56. The first-order valence-corrected chi connectivity index (χ1v) is 5.73. The lowest BCUT2D eigenvalue weighted by atomic mass is 9.72. The molecule has 4 heteroatoms. The molecule has 1 aromatic rings. The van der Waals surface area contributed by atoms with Crippen LogP contribution in [0.1, 0.15) is 30.4 Å². The second kappa shape index (κ2) is 3.82. The van der Waals surface area contributed by atoms with Crippen molar-refractivity contribution in [2.24, 2.45) is 5.73 Å². The fourth-order valence-electron chi connectivity index (χ4n) is 2.21. The fourth-order valence-corrected chi connectivity index (χ4v) is 2.53. The van der Waals surface area contributed by atoms with Crippen molar-refractivity contribution in [2.45, 2.75) is 31.7 Å². The van der Waals surface area contributed by atoms with E-state index in [9.17, 15) is 5.11 Å². The van der Waals surface area contributed by atoms with Gasteiger partial charge in [0, 0.05) is 16.7 Å². The molecule has 1 aliphatic rings. The van der Waals surface area contributed by atoms with E-state index in [2.05, 4.69) is 0 Å². The number of halogens is 1. The highest BCUT2D eigenvalue weighted by Gasteiger charge is 2.37. The van der Waals surface area contributed by atoms with E-state index >= 15 is 0 Å². The SMILES string of the molecule is COc1c(Cl)cc(C2(N)CCC2)c(O)c1C. The van der Waals surface area contributed by atoms with Crippen LogP contribution in [-0.2, 0) is 5.54 Å².